The predicted octanol–water partition coefficient (Wildman–Crippen LogP) is 1.25. The van der Waals surface area contributed by atoms with Crippen LogP contribution in [0.4, 0.5) is 0 Å². The Morgan fingerprint density at radius 2 is 2.45 bits per heavy atom. The fourth-order valence-corrected chi connectivity index (χ4v) is 0.942. The Morgan fingerprint density at radius 1 is 1.64 bits per heavy atom. The zero-order valence-electron chi connectivity index (χ0n) is 6.66. The van der Waals surface area contributed by atoms with E-state index in [0.717, 1.165) is 6.42 Å². The van der Waals surface area contributed by atoms with Crippen LogP contribution in [0.5, 0.6) is 0 Å². The van der Waals surface area contributed by atoms with E-state index < -0.39 is 0 Å². The third-order valence-corrected chi connectivity index (χ3v) is 1.45. The highest BCUT2D eigenvalue weighted by Gasteiger charge is 1.99. The van der Waals surface area contributed by atoms with Crippen LogP contribution in [0.1, 0.15) is 19.8 Å². The SMILES string of the molecule is CCCC(=O)Cn1ccnc1. The van der Waals surface area contributed by atoms with Crippen LogP contribution in [-0.4, -0.2) is 15.3 Å². The van der Waals surface area contributed by atoms with Crippen molar-refractivity contribution in [1.82, 2.24) is 9.55 Å². The Hall–Kier alpha value is -1.12. The normalized spacial score (nSPS) is 9.91. The molecular formula is C8H12N2O. The van der Waals surface area contributed by atoms with Gasteiger partial charge in [0.2, 0.25) is 0 Å². The van der Waals surface area contributed by atoms with Crippen molar-refractivity contribution in [3.63, 3.8) is 0 Å². The summed E-state index contributed by atoms with van der Waals surface area (Å²) in [6.07, 6.45) is 6.73. The standard InChI is InChI=1S/C8H12N2O/c1-2-3-8(11)6-10-5-4-9-7-10/h4-5,7H,2-3,6H2,1H3. The van der Waals surface area contributed by atoms with Gasteiger partial charge in [0.15, 0.2) is 5.78 Å². The molecule has 0 aliphatic heterocycles. The maximum atomic E-state index is 11.1. The molecule has 3 nitrogen and oxygen atoms in total. The second-order valence-electron chi connectivity index (χ2n) is 2.52. The molecule has 0 aliphatic carbocycles. The van der Waals surface area contributed by atoms with Crippen LogP contribution in [-0.2, 0) is 11.3 Å². The molecule has 11 heavy (non-hydrogen) atoms. The Morgan fingerprint density at radius 3 is 3.00 bits per heavy atom. The average molecular weight is 152 g/mol. The largest absolute Gasteiger partial charge is 0.330 e. The van der Waals surface area contributed by atoms with Crippen molar-refractivity contribution >= 4 is 5.78 Å². The van der Waals surface area contributed by atoms with E-state index in [1.54, 1.807) is 23.3 Å². The van der Waals surface area contributed by atoms with Crippen molar-refractivity contribution in [2.75, 3.05) is 0 Å². The van der Waals surface area contributed by atoms with Crippen LogP contribution in [0.25, 0.3) is 0 Å². The number of hydrogen-bond donors (Lipinski definition) is 0. The number of aromatic nitrogens is 2. The molecule has 0 fully saturated rings. The molecule has 0 bridgehead atoms. The smallest absolute Gasteiger partial charge is 0.152 e. The summed E-state index contributed by atoms with van der Waals surface area (Å²) in [5.41, 5.74) is 0. The Kier molecular flexibility index (Phi) is 2.83. The van der Waals surface area contributed by atoms with E-state index in [0.29, 0.717) is 13.0 Å². The molecule has 1 aromatic rings. The van der Waals surface area contributed by atoms with E-state index in [2.05, 4.69) is 4.98 Å². The molecule has 0 saturated carbocycles. The van der Waals surface area contributed by atoms with Gasteiger partial charge < -0.3 is 4.57 Å². The maximum absolute atomic E-state index is 11.1. The molecule has 3 heteroatoms. The maximum Gasteiger partial charge on any atom is 0.152 e. The van der Waals surface area contributed by atoms with E-state index in [4.69, 9.17) is 0 Å². The van der Waals surface area contributed by atoms with E-state index >= 15 is 0 Å². The summed E-state index contributed by atoms with van der Waals surface area (Å²) in [5.74, 6) is 0.269. The van der Waals surface area contributed by atoms with Crippen molar-refractivity contribution in [3.8, 4) is 0 Å². The second-order valence-corrected chi connectivity index (χ2v) is 2.52. The summed E-state index contributed by atoms with van der Waals surface area (Å²) in [4.78, 5) is 14.9. The third kappa shape index (κ3) is 2.53. The van der Waals surface area contributed by atoms with Gasteiger partial charge in [-0.15, -0.1) is 0 Å². The van der Waals surface area contributed by atoms with Crippen LogP contribution in [0, 0.1) is 0 Å². The molecule has 60 valence electrons. The Labute approximate surface area is 66.1 Å². The molecule has 0 unspecified atom stereocenters. The molecule has 0 aliphatic rings. The summed E-state index contributed by atoms with van der Waals surface area (Å²) < 4.78 is 1.79. The molecule has 0 atom stereocenters. The van der Waals surface area contributed by atoms with Gasteiger partial charge in [-0.05, 0) is 6.42 Å². The van der Waals surface area contributed by atoms with Crippen molar-refractivity contribution < 1.29 is 4.79 Å². The summed E-state index contributed by atoms with van der Waals surface area (Å²) in [6, 6.07) is 0. The van der Waals surface area contributed by atoms with Crippen LogP contribution in [0.2, 0.25) is 0 Å². The first-order valence-electron chi connectivity index (χ1n) is 3.80. The quantitative estimate of drug-likeness (QED) is 0.650. The highest BCUT2D eigenvalue weighted by atomic mass is 16.1. The zero-order valence-corrected chi connectivity index (χ0v) is 6.66. The number of ketones is 1. The first-order valence-corrected chi connectivity index (χ1v) is 3.80. The lowest BCUT2D eigenvalue weighted by Crippen LogP contribution is -2.07. The van der Waals surface area contributed by atoms with Crippen LogP contribution >= 0.6 is 0 Å². The molecule has 0 spiro atoms. The number of imidazole rings is 1. The summed E-state index contributed by atoms with van der Waals surface area (Å²) in [7, 11) is 0. The van der Waals surface area contributed by atoms with E-state index in [1.165, 1.54) is 0 Å². The number of Topliss-reactive ketones (excluding diaryl/α,β-unsaturated/α-hetero) is 1. The number of carbonyl (C=O) groups is 1. The predicted molar refractivity (Wildman–Crippen MR) is 42.1 cm³/mol. The van der Waals surface area contributed by atoms with Gasteiger partial charge in [0.25, 0.3) is 0 Å². The minimum atomic E-state index is 0.269. The number of rotatable bonds is 4. The van der Waals surface area contributed by atoms with Gasteiger partial charge in [0, 0.05) is 18.8 Å². The van der Waals surface area contributed by atoms with Crippen LogP contribution in [0.3, 0.4) is 0 Å². The highest BCUT2D eigenvalue weighted by Crippen LogP contribution is 1.93. The van der Waals surface area contributed by atoms with Gasteiger partial charge in [-0.3, -0.25) is 4.79 Å². The first-order chi connectivity index (χ1) is 5.33. The highest BCUT2D eigenvalue weighted by molar-refractivity contribution is 5.78. The average Bonchev–Trinajstić information content (AvgIpc) is 2.40. The minimum absolute atomic E-state index is 0.269. The third-order valence-electron chi connectivity index (χ3n) is 1.45. The number of carbonyl (C=O) groups excluding carboxylic acids is 1. The second kappa shape index (κ2) is 3.91. The topological polar surface area (TPSA) is 34.9 Å². The molecule has 1 heterocycles. The lowest BCUT2D eigenvalue weighted by molar-refractivity contribution is -0.119. The molecule has 1 aromatic heterocycles. The molecule has 0 radical (unpaired) electrons. The van der Waals surface area contributed by atoms with Crippen molar-refractivity contribution in [3.05, 3.63) is 18.7 Å². The first kappa shape index (κ1) is 7.98. The molecule has 1 rings (SSSR count). The number of hydrogen-bond acceptors (Lipinski definition) is 2. The molecule has 0 amide bonds. The Balaban J connectivity index is 2.37. The van der Waals surface area contributed by atoms with Crippen molar-refractivity contribution in [2.24, 2.45) is 0 Å². The fraction of sp³-hybridized carbons (Fsp3) is 0.500. The van der Waals surface area contributed by atoms with Gasteiger partial charge in [0.1, 0.15) is 0 Å². The van der Waals surface area contributed by atoms with Crippen molar-refractivity contribution in [1.29, 1.82) is 0 Å². The Bertz CT molecular complexity index is 216. The summed E-state index contributed by atoms with van der Waals surface area (Å²) in [5, 5.41) is 0. The van der Waals surface area contributed by atoms with E-state index in [-0.39, 0.29) is 5.78 Å². The molecule has 0 N–H and O–H groups in total. The fourth-order valence-electron chi connectivity index (χ4n) is 0.942. The summed E-state index contributed by atoms with van der Waals surface area (Å²) in [6.45, 7) is 2.47. The van der Waals surface area contributed by atoms with Gasteiger partial charge in [-0.1, -0.05) is 6.92 Å². The van der Waals surface area contributed by atoms with E-state index in [9.17, 15) is 4.79 Å². The summed E-state index contributed by atoms with van der Waals surface area (Å²) >= 11 is 0. The minimum Gasteiger partial charge on any atom is -0.330 e. The molecule has 0 saturated heterocycles. The van der Waals surface area contributed by atoms with Crippen LogP contribution < -0.4 is 0 Å². The number of nitrogens with zero attached hydrogens (tertiary/aromatic N) is 2. The van der Waals surface area contributed by atoms with E-state index in [1.807, 2.05) is 6.92 Å². The van der Waals surface area contributed by atoms with Gasteiger partial charge in [-0.25, -0.2) is 4.98 Å². The monoisotopic (exact) mass is 152 g/mol. The molecule has 0 aromatic carbocycles. The van der Waals surface area contributed by atoms with Gasteiger partial charge >= 0.3 is 0 Å². The lowest BCUT2D eigenvalue weighted by atomic mass is 10.2. The lowest BCUT2D eigenvalue weighted by Gasteiger charge is -1.98. The van der Waals surface area contributed by atoms with Crippen molar-refractivity contribution in [2.45, 2.75) is 26.3 Å². The zero-order chi connectivity index (χ0) is 8.10. The van der Waals surface area contributed by atoms with Gasteiger partial charge in [-0.2, -0.15) is 0 Å². The molecular weight excluding hydrogens is 140 g/mol. The van der Waals surface area contributed by atoms with Gasteiger partial charge in [0.05, 0.1) is 12.9 Å². The van der Waals surface area contributed by atoms with Crippen LogP contribution in [0.15, 0.2) is 18.7 Å².